The molecule has 56 heavy (non-hydrogen) atoms. The Hall–Kier alpha value is -4.00. The molecular weight excluding hydrogens is 799 g/mol. The molecule has 284 valence electrons. The first kappa shape index (κ1) is 44.7. The van der Waals surface area contributed by atoms with Gasteiger partial charge in [0.1, 0.15) is 0 Å². The first-order valence-corrected chi connectivity index (χ1v) is 20.6. The molecule has 0 fully saturated rings. The van der Waals surface area contributed by atoms with Crippen molar-refractivity contribution >= 4 is 24.8 Å². The summed E-state index contributed by atoms with van der Waals surface area (Å²) in [6.07, 6.45) is 11.9. The number of benzene rings is 6. The zero-order valence-electron chi connectivity index (χ0n) is 33.5. The van der Waals surface area contributed by atoms with E-state index in [1.54, 1.807) is 0 Å². The van der Waals surface area contributed by atoms with Gasteiger partial charge in [0.25, 0.3) is 0 Å². The van der Waals surface area contributed by atoms with Crippen LogP contribution in [0.5, 0.6) is 0 Å². The van der Waals surface area contributed by atoms with E-state index < -0.39 is 0 Å². The van der Waals surface area contributed by atoms with E-state index in [1.165, 1.54) is 118 Å². The molecule has 0 heterocycles. The van der Waals surface area contributed by atoms with E-state index in [1.807, 2.05) is 0 Å². The summed E-state index contributed by atoms with van der Waals surface area (Å²) in [5, 5.41) is 5.27. The molecule has 1 atom stereocenters. The molecule has 0 aliphatic heterocycles. The van der Waals surface area contributed by atoms with Crippen LogP contribution >= 0.6 is 0 Å². The SMILES string of the molecule is CCCCC1[C-]=CC(C(C)(C)C)=C1.Cc1ccc([C](=[Zr+2])c2ccc(C)cc2)cc1.[Cl-].[Cl-].c1ccc(-c2ccc3c(c2)[cH-]c2cc(-c4ccccc4)ccc23)cc1. The van der Waals surface area contributed by atoms with Crippen molar-refractivity contribution in [1.29, 1.82) is 0 Å². The monoisotopic (exact) mass is 848 g/mol. The van der Waals surface area contributed by atoms with Gasteiger partial charge in [0, 0.05) is 0 Å². The minimum Gasteiger partial charge on any atom is -1.00 e. The number of allylic oxidation sites excluding steroid dienone is 4. The molecule has 0 bridgehead atoms. The van der Waals surface area contributed by atoms with Crippen LogP contribution in [0.1, 0.15) is 69.2 Å². The number of hydrogen-bond acceptors (Lipinski definition) is 0. The zero-order chi connectivity index (χ0) is 38.1. The van der Waals surface area contributed by atoms with Gasteiger partial charge < -0.3 is 24.8 Å². The molecule has 7 aromatic carbocycles. The predicted molar refractivity (Wildman–Crippen MR) is 232 cm³/mol. The van der Waals surface area contributed by atoms with Crippen LogP contribution in [0, 0.1) is 31.3 Å². The molecule has 0 amide bonds. The Kier molecular flexibility index (Phi) is 16.7. The second-order valence-electron chi connectivity index (χ2n) is 15.5. The average Bonchev–Trinajstić information content (AvgIpc) is 3.83. The van der Waals surface area contributed by atoms with Gasteiger partial charge in [-0.1, -0.05) is 154 Å². The molecule has 3 heteroatoms. The van der Waals surface area contributed by atoms with Crippen molar-refractivity contribution < 1.29 is 49.0 Å². The van der Waals surface area contributed by atoms with E-state index >= 15 is 0 Å². The molecule has 0 saturated carbocycles. The normalized spacial score (nSPS) is 13.1. The minimum atomic E-state index is 0. The second-order valence-corrected chi connectivity index (χ2v) is 16.7. The van der Waals surface area contributed by atoms with Crippen LogP contribution in [0.4, 0.5) is 0 Å². The summed E-state index contributed by atoms with van der Waals surface area (Å²) in [4.78, 5) is 0. The third kappa shape index (κ3) is 11.8. The topological polar surface area (TPSA) is 0 Å². The van der Waals surface area contributed by atoms with E-state index in [9.17, 15) is 0 Å². The molecule has 1 aliphatic rings. The van der Waals surface area contributed by atoms with Crippen molar-refractivity contribution in [3.8, 4) is 22.3 Å². The quantitative estimate of drug-likeness (QED) is 0.141. The molecule has 0 aromatic heterocycles. The number of halogens is 2. The van der Waals surface area contributed by atoms with Crippen LogP contribution in [0.25, 0.3) is 43.8 Å². The number of unbranched alkanes of at least 4 members (excludes halogenated alkanes) is 1. The standard InChI is InChI=1S/C25H17.C15H14.C13H21.2ClH.Zr/c1-3-7-18(8-4-1)20-11-13-24-22(15-20)17-23-16-21(12-14-25(23)24)19-9-5-2-6-10-19;1-12-3-7-14(8-4-12)11-15-9-5-13(2)6-10-15;1-5-6-7-11-8-9-12(10-11)13(2,3)4;;;/h1-17H;3-10H,1-2H3;9-11H,5-7H2,1-4H3;2*1H;/q-1;;-1;;;+2/p-2. The Bertz CT molecular complexity index is 2210. The largest absolute Gasteiger partial charge is 1.00 e. The molecule has 0 N–H and O–H groups in total. The minimum absolute atomic E-state index is 0. The maximum absolute atomic E-state index is 3.43. The van der Waals surface area contributed by atoms with Gasteiger partial charge in [-0.05, 0) is 11.1 Å². The van der Waals surface area contributed by atoms with Crippen molar-refractivity contribution in [2.45, 2.75) is 60.8 Å². The van der Waals surface area contributed by atoms with Crippen LogP contribution < -0.4 is 24.8 Å². The van der Waals surface area contributed by atoms with Gasteiger partial charge in [-0.15, -0.1) is 39.7 Å². The van der Waals surface area contributed by atoms with Crippen molar-refractivity contribution in [3.63, 3.8) is 0 Å². The first-order chi connectivity index (χ1) is 26.1. The van der Waals surface area contributed by atoms with E-state index in [2.05, 4.69) is 211 Å². The van der Waals surface area contributed by atoms with Gasteiger partial charge in [-0.25, -0.2) is 6.08 Å². The Morgan fingerprint density at radius 2 is 1.05 bits per heavy atom. The van der Waals surface area contributed by atoms with Gasteiger partial charge >= 0.3 is 112 Å². The molecular formula is C53H52Cl2Zr-2. The third-order valence-electron chi connectivity index (χ3n) is 10.2. The van der Waals surface area contributed by atoms with Crippen molar-refractivity contribution in [3.05, 3.63) is 198 Å². The summed E-state index contributed by atoms with van der Waals surface area (Å²) in [5.41, 5.74) is 12.1. The van der Waals surface area contributed by atoms with Gasteiger partial charge in [0.05, 0.1) is 0 Å². The fourth-order valence-electron chi connectivity index (χ4n) is 6.82. The summed E-state index contributed by atoms with van der Waals surface area (Å²) in [7, 11) is 0. The Labute approximate surface area is 363 Å². The summed E-state index contributed by atoms with van der Waals surface area (Å²) >= 11 is 1.46. The maximum atomic E-state index is 3.43. The van der Waals surface area contributed by atoms with Crippen LogP contribution in [-0.2, 0) is 24.2 Å². The Morgan fingerprint density at radius 1 is 0.607 bits per heavy atom. The number of hydrogen-bond donors (Lipinski definition) is 0. The van der Waals surface area contributed by atoms with Crippen molar-refractivity contribution in [1.82, 2.24) is 0 Å². The van der Waals surface area contributed by atoms with Crippen LogP contribution in [0.2, 0.25) is 0 Å². The molecule has 0 radical (unpaired) electrons. The van der Waals surface area contributed by atoms with Crippen molar-refractivity contribution in [2.75, 3.05) is 0 Å². The van der Waals surface area contributed by atoms with Crippen LogP contribution in [-0.4, -0.2) is 3.21 Å². The molecule has 0 nitrogen and oxygen atoms in total. The molecule has 7 aromatic rings. The first-order valence-electron chi connectivity index (χ1n) is 19.4. The number of rotatable bonds is 7. The second kappa shape index (κ2) is 21.0. The zero-order valence-corrected chi connectivity index (χ0v) is 37.5. The van der Waals surface area contributed by atoms with Crippen LogP contribution in [0.15, 0.2) is 169 Å². The third-order valence-corrected chi connectivity index (χ3v) is 11.6. The van der Waals surface area contributed by atoms with Gasteiger partial charge in [-0.2, -0.15) is 11.6 Å². The maximum Gasteiger partial charge on any atom is -0.0259 e. The Morgan fingerprint density at radius 3 is 1.45 bits per heavy atom. The van der Waals surface area contributed by atoms with Gasteiger partial charge in [-0.3, -0.25) is 6.08 Å². The molecule has 8 rings (SSSR count). The predicted octanol–water partition coefficient (Wildman–Crippen LogP) is 8.61. The average molecular weight is 851 g/mol. The molecule has 0 saturated heterocycles. The molecule has 1 aliphatic carbocycles. The van der Waals surface area contributed by atoms with E-state index in [0.29, 0.717) is 11.3 Å². The van der Waals surface area contributed by atoms with Crippen molar-refractivity contribution in [2.24, 2.45) is 11.3 Å². The van der Waals surface area contributed by atoms with Gasteiger partial charge in [0.2, 0.25) is 0 Å². The van der Waals surface area contributed by atoms with E-state index in [0.717, 1.165) is 0 Å². The molecule has 1 unspecified atom stereocenters. The van der Waals surface area contributed by atoms with E-state index in [-0.39, 0.29) is 24.8 Å². The fourth-order valence-corrected chi connectivity index (χ4v) is 7.64. The summed E-state index contributed by atoms with van der Waals surface area (Å²) in [5.74, 6) is 0.592. The number of aryl methyl sites for hydroxylation is 2. The molecule has 0 spiro atoms. The summed E-state index contributed by atoms with van der Waals surface area (Å²) in [6.45, 7) is 13.3. The number of fused-ring (bicyclic) bond motifs is 3. The van der Waals surface area contributed by atoms with Crippen LogP contribution in [0.3, 0.4) is 0 Å². The van der Waals surface area contributed by atoms with E-state index in [4.69, 9.17) is 0 Å². The fraction of sp³-hybridized carbons (Fsp3) is 0.208. The van der Waals surface area contributed by atoms with Gasteiger partial charge in [0.15, 0.2) is 0 Å². The smallest absolute Gasteiger partial charge is 0.0259 e. The Balaban J connectivity index is 0.000000196. The summed E-state index contributed by atoms with van der Waals surface area (Å²) < 4.78 is 1.42. The summed E-state index contributed by atoms with van der Waals surface area (Å²) in [6, 6.07) is 54.5.